The lowest BCUT2D eigenvalue weighted by Crippen LogP contribution is -2.50. The molecule has 14 heteroatoms. The van der Waals surface area contributed by atoms with Gasteiger partial charge in [0.05, 0.1) is 6.61 Å². The minimum Gasteiger partial charge on any atom is -0.377 e. The van der Waals surface area contributed by atoms with Gasteiger partial charge in [0.2, 0.25) is 0 Å². The topological polar surface area (TPSA) is 202 Å². The Morgan fingerprint density at radius 3 is 1.52 bits per heavy atom. The molecule has 1 radical (unpaired) electrons. The summed E-state index contributed by atoms with van der Waals surface area (Å²) >= 11 is 0. The van der Waals surface area contributed by atoms with Gasteiger partial charge in [-0.15, -0.1) is 15.3 Å². The molecule has 0 aliphatic rings. The molecule has 0 N–H and O–H groups in total. The Kier molecular flexibility index (Phi) is 11.5. The second-order valence-corrected chi connectivity index (χ2v) is 4.09. The lowest BCUT2D eigenvalue weighted by Gasteiger charge is -2.01. The maximum absolute atomic E-state index is 9.83. The van der Waals surface area contributed by atoms with E-state index in [0.29, 0.717) is 6.92 Å². The van der Waals surface area contributed by atoms with E-state index in [1.165, 1.54) is 5.56 Å². The monoisotopic (exact) mass is 363 g/mol. The molecule has 0 saturated heterocycles. The summed E-state index contributed by atoms with van der Waals surface area (Å²) in [5, 5.41) is 44.2. The molecular formula is C11H15N4O10. The van der Waals surface area contributed by atoms with Crippen LogP contribution in [0, 0.1) is 40.5 Å². The van der Waals surface area contributed by atoms with Gasteiger partial charge in [0.15, 0.2) is 21.7 Å². The van der Waals surface area contributed by atoms with Crippen molar-refractivity contribution in [1.29, 1.82) is 0 Å². The molecule has 0 unspecified atom stereocenters. The van der Waals surface area contributed by atoms with Crippen molar-refractivity contribution in [3.05, 3.63) is 76.4 Å². The fourth-order valence-electron chi connectivity index (χ4n) is 0.994. The van der Waals surface area contributed by atoms with Crippen molar-refractivity contribution in [2.45, 2.75) is 26.2 Å². The number of rotatable bonds is 6. The van der Waals surface area contributed by atoms with Crippen molar-refractivity contribution in [1.82, 2.24) is 0 Å². The average molecular weight is 363 g/mol. The Bertz CT molecular complexity index is 539. The van der Waals surface area contributed by atoms with E-state index < -0.39 is 25.6 Å². The Morgan fingerprint density at radius 2 is 1.28 bits per heavy atom. The van der Waals surface area contributed by atoms with Crippen LogP contribution < -0.4 is 0 Å². The molecule has 1 aromatic carbocycles. The number of hydrogen-bond donors (Lipinski definition) is 0. The van der Waals surface area contributed by atoms with E-state index in [9.17, 15) is 30.3 Å². The lowest BCUT2D eigenvalue weighted by molar-refractivity contribution is -0.965. The molecule has 14 nitrogen and oxygen atoms in total. The summed E-state index contributed by atoms with van der Waals surface area (Å²) in [7, 11) is 0. The minimum atomic E-state index is -3.33. The third-order valence-corrected chi connectivity index (χ3v) is 2.35. The first kappa shape index (κ1) is 23.8. The molecule has 0 amide bonds. The van der Waals surface area contributed by atoms with Crippen LogP contribution in [-0.2, 0) is 16.6 Å². The van der Waals surface area contributed by atoms with Crippen LogP contribution in [0.3, 0.4) is 0 Å². The summed E-state index contributed by atoms with van der Waals surface area (Å²) in [5.41, 5.74) is 1.24. The molecule has 0 fully saturated rings. The zero-order chi connectivity index (χ0) is 20.0. The molecule has 0 aromatic heterocycles. The van der Waals surface area contributed by atoms with E-state index in [1.54, 1.807) is 0 Å². The fourth-order valence-corrected chi connectivity index (χ4v) is 0.994. The Labute approximate surface area is 140 Å². The van der Waals surface area contributed by atoms with E-state index in [-0.39, 0.29) is 0 Å². The predicted octanol–water partition coefficient (Wildman–Crippen LogP) is 1.32. The zero-order valence-corrected chi connectivity index (χ0v) is 13.2. The average Bonchev–Trinajstić information content (AvgIpc) is 2.52. The fraction of sp³-hybridized carbons (Fsp3) is 0.455. The van der Waals surface area contributed by atoms with Crippen LogP contribution in [0.1, 0.15) is 19.4 Å². The number of ether oxygens (including phenoxy) is 1. The first-order valence-electron chi connectivity index (χ1n) is 6.36. The van der Waals surface area contributed by atoms with Gasteiger partial charge in [-0.1, -0.05) is 30.3 Å². The van der Waals surface area contributed by atoms with Crippen molar-refractivity contribution >= 4 is 0 Å². The van der Waals surface area contributed by atoms with Crippen LogP contribution in [0.15, 0.2) is 30.3 Å². The van der Waals surface area contributed by atoms with Crippen LogP contribution in [0.25, 0.3) is 0 Å². The highest BCUT2D eigenvalue weighted by molar-refractivity contribution is 5.13. The molecule has 0 aliphatic heterocycles. The molecular weight excluding hydrogens is 348 g/mol. The van der Waals surface area contributed by atoms with Crippen molar-refractivity contribution in [2.24, 2.45) is 0 Å². The standard InChI is InChI=1S/C9H12O.C2H3N3O6.NO3/c1-2-10-8-9-6-4-3-5-7-9;1-2(3(6)7,4(8)9)5(10)11;2-1(3)4/h3-7H,2,8H2,1H3;1H3;. The first-order chi connectivity index (χ1) is 11.5. The Hall–Kier alpha value is -3.42. The molecule has 0 saturated carbocycles. The molecule has 0 atom stereocenters. The van der Waals surface area contributed by atoms with Crippen LogP contribution in [0.4, 0.5) is 0 Å². The maximum Gasteiger partial charge on any atom is 0.696 e. The third-order valence-electron chi connectivity index (χ3n) is 2.35. The highest BCUT2D eigenvalue weighted by atomic mass is 16.9. The minimum absolute atomic E-state index is 0.312. The van der Waals surface area contributed by atoms with Crippen LogP contribution in [0.5, 0.6) is 0 Å². The summed E-state index contributed by atoms with van der Waals surface area (Å²) < 4.78 is 5.22. The summed E-state index contributed by atoms with van der Waals surface area (Å²) in [5.74, 6) is -3.33. The molecule has 25 heavy (non-hydrogen) atoms. The number of hydrogen-bond acceptors (Lipinski definition) is 9. The largest absolute Gasteiger partial charge is 0.696 e. The van der Waals surface area contributed by atoms with Gasteiger partial charge in [-0.2, -0.15) is 0 Å². The smallest absolute Gasteiger partial charge is 0.377 e. The lowest BCUT2D eigenvalue weighted by atomic mass is 10.2. The highest BCUT2D eigenvalue weighted by Crippen LogP contribution is 2.09. The van der Waals surface area contributed by atoms with Gasteiger partial charge in [0.1, 0.15) is 0 Å². The van der Waals surface area contributed by atoms with Gasteiger partial charge in [-0.3, -0.25) is 30.3 Å². The van der Waals surface area contributed by atoms with Gasteiger partial charge >= 0.3 is 10.9 Å². The molecule has 139 valence electrons. The molecule has 1 aromatic rings. The third kappa shape index (κ3) is 10.1. The molecule has 0 heterocycles. The quantitative estimate of drug-likeness (QED) is 0.405. The van der Waals surface area contributed by atoms with Gasteiger partial charge in [-0.25, -0.2) is 0 Å². The van der Waals surface area contributed by atoms with Gasteiger partial charge < -0.3 is 4.74 Å². The van der Waals surface area contributed by atoms with E-state index >= 15 is 0 Å². The first-order valence-corrected chi connectivity index (χ1v) is 6.36. The van der Waals surface area contributed by atoms with E-state index in [2.05, 4.69) is 12.1 Å². The van der Waals surface area contributed by atoms with Crippen molar-refractivity contribution in [3.63, 3.8) is 0 Å². The second kappa shape index (κ2) is 12.1. The Morgan fingerprint density at radius 1 is 0.920 bits per heavy atom. The molecule has 0 bridgehead atoms. The normalized spacial score (nSPS) is 9.52. The van der Waals surface area contributed by atoms with Crippen molar-refractivity contribution in [3.8, 4) is 0 Å². The summed E-state index contributed by atoms with van der Waals surface area (Å²) in [6, 6.07) is 10.2. The summed E-state index contributed by atoms with van der Waals surface area (Å²) in [6.45, 7) is 3.84. The van der Waals surface area contributed by atoms with Crippen LogP contribution >= 0.6 is 0 Å². The summed E-state index contributed by atoms with van der Waals surface area (Å²) in [6.07, 6.45) is 0. The van der Waals surface area contributed by atoms with Crippen molar-refractivity contribution < 1.29 is 29.8 Å². The summed E-state index contributed by atoms with van der Waals surface area (Å²) in [4.78, 5) is 33.0. The number of benzene rings is 1. The van der Waals surface area contributed by atoms with Gasteiger partial charge in [0, 0.05) is 6.61 Å². The highest BCUT2D eigenvalue weighted by Gasteiger charge is 2.64. The van der Waals surface area contributed by atoms with Crippen LogP contribution in [-0.4, -0.2) is 32.3 Å². The predicted molar refractivity (Wildman–Crippen MR) is 78.8 cm³/mol. The molecule has 1 rings (SSSR count). The molecule has 0 aliphatic carbocycles. The maximum atomic E-state index is 9.83. The van der Waals surface area contributed by atoms with Crippen molar-refractivity contribution in [2.75, 3.05) is 6.61 Å². The van der Waals surface area contributed by atoms with Gasteiger partial charge in [0.25, 0.3) is 0 Å². The number of nitrogens with zero attached hydrogens (tertiary/aromatic N) is 4. The van der Waals surface area contributed by atoms with E-state index in [4.69, 9.17) is 20.1 Å². The van der Waals surface area contributed by atoms with Gasteiger partial charge in [-0.05, 0) is 12.5 Å². The Balaban J connectivity index is 0. The van der Waals surface area contributed by atoms with Crippen LogP contribution in [0.2, 0.25) is 0 Å². The van der Waals surface area contributed by atoms with E-state index in [0.717, 1.165) is 13.2 Å². The SMILES string of the molecule is CC([N+](=O)[O-])([N+](=O)[O-])[N+](=O)[O-].CCOCc1ccccc1.[O][N+](=O)[O-]. The van der Waals surface area contributed by atoms with E-state index in [1.807, 2.05) is 25.1 Å². The zero-order valence-electron chi connectivity index (χ0n) is 13.2. The second-order valence-electron chi connectivity index (χ2n) is 4.09. The number of nitro groups is 3. The molecule has 0 spiro atoms.